The lowest BCUT2D eigenvalue weighted by Gasteiger charge is -2.20. The first-order chi connectivity index (χ1) is 7.19. The summed E-state index contributed by atoms with van der Waals surface area (Å²) in [6, 6.07) is 7.82. The first kappa shape index (κ1) is 15.5. The molecule has 90 valence electrons. The topological polar surface area (TPSA) is 27.6 Å². The predicted octanol–water partition coefficient (Wildman–Crippen LogP) is 2.60. The molecule has 3 nitrogen and oxygen atoms in total. The summed E-state index contributed by atoms with van der Waals surface area (Å²) in [5, 5.41) is 3.81. The molecule has 1 aromatic rings. The number of nitrogens with one attached hydrogen (secondary N) is 1. The number of halogens is 2. The normalized spacial score (nSPS) is 10.6. The van der Waals surface area contributed by atoms with Gasteiger partial charge in [0.25, 0.3) is 0 Å². The quantitative estimate of drug-likeness (QED) is 0.503. The monoisotopic (exact) mass is 353 g/mol. The number of rotatable bonds is 2. The van der Waals surface area contributed by atoms with Crippen LogP contribution in [-0.2, 0) is 6.54 Å². The molecule has 0 radical (unpaired) electrons. The largest absolute Gasteiger partial charge is 0.359 e. The van der Waals surface area contributed by atoms with Gasteiger partial charge < -0.3 is 10.2 Å². The molecule has 1 N–H and O–H groups in total. The minimum atomic E-state index is 0. The van der Waals surface area contributed by atoms with Crippen LogP contribution in [0.4, 0.5) is 0 Å². The second-order valence-electron chi connectivity index (χ2n) is 3.24. The van der Waals surface area contributed by atoms with Gasteiger partial charge in [0.05, 0.1) is 0 Å². The zero-order chi connectivity index (χ0) is 11.3. The van der Waals surface area contributed by atoms with Crippen molar-refractivity contribution in [3.63, 3.8) is 0 Å². The number of nitrogens with zero attached hydrogens (tertiary/aromatic N) is 2. The molecular formula is C11H17ClIN3. The van der Waals surface area contributed by atoms with Crippen LogP contribution < -0.4 is 5.32 Å². The van der Waals surface area contributed by atoms with Crippen LogP contribution in [0.2, 0.25) is 5.02 Å². The lowest BCUT2D eigenvalue weighted by Crippen LogP contribution is -2.36. The molecule has 0 saturated carbocycles. The fourth-order valence-corrected chi connectivity index (χ4v) is 1.63. The van der Waals surface area contributed by atoms with Gasteiger partial charge in [0.1, 0.15) is 0 Å². The van der Waals surface area contributed by atoms with Crippen molar-refractivity contribution in [3.8, 4) is 0 Å². The average Bonchev–Trinajstić information content (AvgIpc) is 2.23. The third kappa shape index (κ3) is 4.17. The Bertz CT molecular complexity index is 355. The highest BCUT2D eigenvalue weighted by Gasteiger charge is 2.06. The van der Waals surface area contributed by atoms with Gasteiger partial charge in [-0.05, 0) is 11.6 Å². The highest BCUT2D eigenvalue weighted by molar-refractivity contribution is 14.0. The maximum atomic E-state index is 6.07. The van der Waals surface area contributed by atoms with E-state index < -0.39 is 0 Å². The van der Waals surface area contributed by atoms with Crippen LogP contribution in [0.3, 0.4) is 0 Å². The summed E-state index contributed by atoms with van der Waals surface area (Å²) in [4.78, 5) is 6.14. The van der Waals surface area contributed by atoms with E-state index in [0.717, 1.165) is 23.1 Å². The molecule has 0 aliphatic rings. The first-order valence-electron chi connectivity index (χ1n) is 4.78. The number of benzene rings is 1. The van der Waals surface area contributed by atoms with Crippen molar-refractivity contribution in [1.29, 1.82) is 0 Å². The van der Waals surface area contributed by atoms with E-state index in [4.69, 9.17) is 11.6 Å². The summed E-state index contributed by atoms with van der Waals surface area (Å²) in [6.45, 7) is 0.743. The smallest absolute Gasteiger partial charge is 0.193 e. The molecule has 0 heterocycles. The van der Waals surface area contributed by atoms with Gasteiger partial charge in [0.15, 0.2) is 5.96 Å². The van der Waals surface area contributed by atoms with Crippen LogP contribution in [0.5, 0.6) is 0 Å². The zero-order valence-electron chi connectivity index (χ0n) is 9.70. The van der Waals surface area contributed by atoms with Gasteiger partial charge in [-0.2, -0.15) is 0 Å². The Morgan fingerprint density at radius 3 is 2.56 bits per heavy atom. The van der Waals surface area contributed by atoms with Crippen molar-refractivity contribution in [2.75, 3.05) is 21.1 Å². The van der Waals surface area contributed by atoms with Gasteiger partial charge in [-0.3, -0.25) is 4.99 Å². The molecule has 0 spiro atoms. The second kappa shape index (κ2) is 7.73. The minimum absolute atomic E-state index is 0. The van der Waals surface area contributed by atoms with Gasteiger partial charge in [0.2, 0.25) is 0 Å². The highest BCUT2D eigenvalue weighted by atomic mass is 127. The van der Waals surface area contributed by atoms with Crippen molar-refractivity contribution in [3.05, 3.63) is 34.9 Å². The van der Waals surface area contributed by atoms with Crippen LogP contribution in [0.1, 0.15) is 5.56 Å². The standard InChI is InChI=1S/C11H16ClN3.HI/c1-13-11(14-2)15(3)8-9-6-4-5-7-10(9)12;/h4-7H,8H2,1-3H3,(H,13,14);1H. The van der Waals surface area contributed by atoms with Crippen LogP contribution in [-0.4, -0.2) is 32.0 Å². The van der Waals surface area contributed by atoms with Crippen molar-refractivity contribution in [2.24, 2.45) is 4.99 Å². The van der Waals surface area contributed by atoms with Gasteiger partial charge in [-0.15, -0.1) is 24.0 Å². The van der Waals surface area contributed by atoms with Gasteiger partial charge in [-0.25, -0.2) is 0 Å². The summed E-state index contributed by atoms with van der Waals surface area (Å²) < 4.78 is 0. The van der Waals surface area contributed by atoms with E-state index in [1.807, 2.05) is 43.3 Å². The minimum Gasteiger partial charge on any atom is -0.359 e. The fraction of sp³-hybridized carbons (Fsp3) is 0.364. The number of aliphatic imine (C=N–C) groups is 1. The molecule has 0 fully saturated rings. The molecule has 0 bridgehead atoms. The summed E-state index contributed by atoms with van der Waals surface area (Å²) in [5.74, 6) is 0.843. The van der Waals surface area contributed by atoms with E-state index in [9.17, 15) is 0 Å². The molecular weight excluding hydrogens is 336 g/mol. The molecule has 0 amide bonds. The molecule has 0 unspecified atom stereocenters. The summed E-state index contributed by atoms with van der Waals surface area (Å²) in [6.07, 6.45) is 0. The Morgan fingerprint density at radius 2 is 2.06 bits per heavy atom. The molecule has 0 aliphatic carbocycles. The molecule has 0 aromatic heterocycles. The third-order valence-corrected chi connectivity index (χ3v) is 2.53. The zero-order valence-corrected chi connectivity index (χ0v) is 12.8. The Morgan fingerprint density at radius 1 is 1.44 bits per heavy atom. The van der Waals surface area contributed by atoms with E-state index in [0.29, 0.717) is 0 Å². The predicted molar refractivity (Wildman–Crippen MR) is 80.8 cm³/mol. The summed E-state index contributed by atoms with van der Waals surface area (Å²) in [5.41, 5.74) is 1.10. The molecule has 1 rings (SSSR count). The lowest BCUT2D eigenvalue weighted by atomic mass is 10.2. The fourth-order valence-electron chi connectivity index (χ4n) is 1.43. The van der Waals surface area contributed by atoms with Gasteiger partial charge in [0, 0.05) is 32.7 Å². The van der Waals surface area contributed by atoms with E-state index in [-0.39, 0.29) is 24.0 Å². The second-order valence-corrected chi connectivity index (χ2v) is 3.65. The van der Waals surface area contributed by atoms with Crippen LogP contribution >= 0.6 is 35.6 Å². The van der Waals surface area contributed by atoms with Crippen molar-refractivity contribution < 1.29 is 0 Å². The van der Waals surface area contributed by atoms with Crippen molar-refractivity contribution in [2.45, 2.75) is 6.54 Å². The lowest BCUT2D eigenvalue weighted by molar-refractivity contribution is 0.483. The maximum Gasteiger partial charge on any atom is 0.193 e. The third-order valence-electron chi connectivity index (χ3n) is 2.16. The summed E-state index contributed by atoms with van der Waals surface area (Å²) >= 11 is 6.07. The maximum absolute atomic E-state index is 6.07. The average molecular weight is 354 g/mol. The van der Waals surface area contributed by atoms with E-state index >= 15 is 0 Å². The van der Waals surface area contributed by atoms with E-state index in [1.165, 1.54) is 0 Å². The SMILES string of the molecule is CN=C(NC)N(C)Cc1ccccc1Cl.I. The van der Waals surface area contributed by atoms with E-state index in [1.54, 1.807) is 7.05 Å². The molecule has 16 heavy (non-hydrogen) atoms. The van der Waals surface area contributed by atoms with Crippen LogP contribution in [0.15, 0.2) is 29.3 Å². The Labute approximate surface area is 119 Å². The van der Waals surface area contributed by atoms with Crippen molar-refractivity contribution >= 4 is 41.5 Å². The number of hydrogen-bond donors (Lipinski definition) is 1. The van der Waals surface area contributed by atoms with Crippen LogP contribution in [0.25, 0.3) is 0 Å². The number of guanidine groups is 1. The first-order valence-corrected chi connectivity index (χ1v) is 5.16. The van der Waals surface area contributed by atoms with E-state index in [2.05, 4.69) is 10.3 Å². The Balaban J connectivity index is 0.00000225. The molecule has 0 aliphatic heterocycles. The molecule has 1 aromatic carbocycles. The molecule has 0 atom stereocenters. The number of hydrogen-bond acceptors (Lipinski definition) is 1. The molecule has 5 heteroatoms. The van der Waals surface area contributed by atoms with Crippen molar-refractivity contribution in [1.82, 2.24) is 10.2 Å². The highest BCUT2D eigenvalue weighted by Crippen LogP contribution is 2.16. The van der Waals surface area contributed by atoms with Crippen LogP contribution in [0, 0.1) is 0 Å². The Hall–Kier alpha value is -0.490. The molecule has 0 saturated heterocycles. The summed E-state index contributed by atoms with van der Waals surface area (Å²) in [7, 11) is 5.59. The Kier molecular flexibility index (Phi) is 7.49. The van der Waals surface area contributed by atoms with Gasteiger partial charge >= 0.3 is 0 Å². The van der Waals surface area contributed by atoms with Gasteiger partial charge in [-0.1, -0.05) is 29.8 Å².